The number of phenolic OH excluding ortho intramolecular Hbond substituents is 1. The second-order valence-electron chi connectivity index (χ2n) is 5.46. The molecule has 4 heteroatoms. The lowest BCUT2D eigenvalue weighted by Crippen LogP contribution is -2.19. The van der Waals surface area contributed by atoms with Gasteiger partial charge in [0.05, 0.1) is 5.71 Å². The highest BCUT2D eigenvalue weighted by molar-refractivity contribution is 6.02. The first-order valence-corrected chi connectivity index (χ1v) is 7.10. The summed E-state index contributed by atoms with van der Waals surface area (Å²) < 4.78 is 0. The second-order valence-corrected chi connectivity index (χ2v) is 5.46. The van der Waals surface area contributed by atoms with E-state index in [9.17, 15) is 9.90 Å². The number of nitrogens with one attached hydrogen (secondary N) is 1. The van der Waals surface area contributed by atoms with Crippen molar-refractivity contribution >= 4 is 11.6 Å². The SMILES string of the molecule is C/C(=N/NC(=O)c1cccc(O)c1)c1c(C)cc(C)cc1C. The lowest BCUT2D eigenvalue weighted by atomic mass is 9.97. The standard InChI is InChI=1S/C18H20N2O2/c1-11-8-12(2)17(13(3)9-11)14(4)19-20-18(22)15-6-5-7-16(21)10-15/h5-10,21H,1-4H3,(H,20,22)/b19-14-. The van der Waals surface area contributed by atoms with Crippen molar-refractivity contribution in [2.24, 2.45) is 5.10 Å². The quantitative estimate of drug-likeness (QED) is 0.673. The molecule has 0 aromatic heterocycles. The van der Waals surface area contributed by atoms with E-state index in [1.165, 1.54) is 17.7 Å². The van der Waals surface area contributed by atoms with Crippen LogP contribution in [0.25, 0.3) is 0 Å². The summed E-state index contributed by atoms with van der Waals surface area (Å²) in [7, 11) is 0. The minimum Gasteiger partial charge on any atom is -0.508 e. The minimum atomic E-state index is -0.349. The first-order chi connectivity index (χ1) is 10.4. The Morgan fingerprint density at radius 2 is 1.73 bits per heavy atom. The van der Waals surface area contributed by atoms with Crippen molar-refractivity contribution in [3.05, 3.63) is 64.2 Å². The lowest BCUT2D eigenvalue weighted by Gasteiger charge is -2.11. The molecule has 2 aromatic carbocycles. The van der Waals surface area contributed by atoms with Gasteiger partial charge in [-0.05, 0) is 57.0 Å². The molecule has 0 unspecified atom stereocenters. The van der Waals surface area contributed by atoms with Gasteiger partial charge in [0.1, 0.15) is 5.75 Å². The van der Waals surface area contributed by atoms with Crippen molar-refractivity contribution in [3.8, 4) is 5.75 Å². The predicted molar refractivity (Wildman–Crippen MR) is 88.4 cm³/mol. The molecule has 0 aliphatic rings. The number of benzene rings is 2. The normalized spacial score (nSPS) is 11.4. The van der Waals surface area contributed by atoms with Crippen LogP contribution >= 0.6 is 0 Å². The van der Waals surface area contributed by atoms with Crippen LogP contribution < -0.4 is 5.43 Å². The third-order valence-corrected chi connectivity index (χ3v) is 3.47. The predicted octanol–water partition coefficient (Wildman–Crippen LogP) is 3.47. The van der Waals surface area contributed by atoms with Crippen LogP contribution in [0.3, 0.4) is 0 Å². The summed E-state index contributed by atoms with van der Waals surface area (Å²) in [6.45, 7) is 7.99. The number of hydrazone groups is 1. The number of carbonyl (C=O) groups excluding carboxylic acids is 1. The van der Waals surface area contributed by atoms with Gasteiger partial charge in [0, 0.05) is 11.1 Å². The molecule has 2 rings (SSSR count). The number of carbonyl (C=O) groups is 1. The van der Waals surface area contributed by atoms with E-state index < -0.39 is 0 Å². The fraction of sp³-hybridized carbons (Fsp3) is 0.222. The summed E-state index contributed by atoms with van der Waals surface area (Å²) in [5.74, 6) is -0.295. The zero-order valence-corrected chi connectivity index (χ0v) is 13.3. The molecule has 0 radical (unpaired) electrons. The molecule has 114 valence electrons. The van der Waals surface area contributed by atoms with E-state index in [0.717, 1.165) is 22.4 Å². The molecule has 0 spiro atoms. The lowest BCUT2D eigenvalue weighted by molar-refractivity contribution is 0.0954. The van der Waals surface area contributed by atoms with Crippen molar-refractivity contribution in [1.29, 1.82) is 0 Å². The number of nitrogens with zero attached hydrogens (tertiary/aromatic N) is 1. The van der Waals surface area contributed by atoms with Crippen LogP contribution in [0, 0.1) is 20.8 Å². The van der Waals surface area contributed by atoms with Crippen LogP contribution in [0.15, 0.2) is 41.5 Å². The molecule has 0 atom stereocenters. The summed E-state index contributed by atoms with van der Waals surface area (Å²) in [5, 5.41) is 13.6. The molecule has 0 heterocycles. The zero-order chi connectivity index (χ0) is 16.3. The maximum atomic E-state index is 12.0. The fourth-order valence-corrected chi connectivity index (χ4v) is 2.65. The van der Waals surface area contributed by atoms with E-state index >= 15 is 0 Å². The first kappa shape index (κ1) is 15.8. The number of aryl methyl sites for hydroxylation is 3. The van der Waals surface area contributed by atoms with Gasteiger partial charge in [-0.1, -0.05) is 23.8 Å². The van der Waals surface area contributed by atoms with E-state index in [4.69, 9.17) is 0 Å². The topological polar surface area (TPSA) is 61.7 Å². The molecule has 0 bridgehead atoms. The summed E-state index contributed by atoms with van der Waals surface area (Å²) in [6, 6.07) is 10.4. The molecular formula is C18H20N2O2. The maximum absolute atomic E-state index is 12.0. The fourth-order valence-electron chi connectivity index (χ4n) is 2.65. The Kier molecular flexibility index (Phi) is 4.61. The average Bonchev–Trinajstić information content (AvgIpc) is 2.43. The number of hydrogen-bond acceptors (Lipinski definition) is 3. The van der Waals surface area contributed by atoms with Crippen LogP contribution in [-0.2, 0) is 0 Å². The molecule has 0 saturated heterocycles. The Balaban J connectivity index is 2.22. The van der Waals surface area contributed by atoms with Crippen molar-refractivity contribution in [2.45, 2.75) is 27.7 Å². The third kappa shape index (κ3) is 3.52. The highest BCUT2D eigenvalue weighted by atomic mass is 16.3. The minimum absolute atomic E-state index is 0.0542. The Morgan fingerprint density at radius 3 is 2.32 bits per heavy atom. The first-order valence-electron chi connectivity index (χ1n) is 7.10. The smallest absolute Gasteiger partial charge is 0.271 e. The molecule has 1 amide bonds. The average molecular weight is 296 g/mol. The van der Waals surface area contributed by atoms with Crippen LogP contribution in [0.1, 0.15) is 39.5 Å². The van der Waals surface area contributed by atoms with Gasteiger partial charge < -0.3 is 5.11 Å². The molecule has 0 fully saturated rings. The highest BCUT2D eigenvalue weighted by Gasteiger charge is 2.09. The van der Waals surface area contributed by atoms with Gasteiger partial charge in [-0.2, -0.15) is 5.10 Å². The third-order valence-electron chi connectivity index (χ3n) is 3.47. The van der Waals surface area contributed by atoms with Crippen LogP contribution in [0.2, 0.25) is 0 Å². The number of hydrogen-bond donors (Lipinski definition) is 2. The Labute approximate surface area is 130 Å². The van der Waals surface area contributed by atoms with Gasteiger partial charge in [-0.25, -0.2) is 5.43 Å². The Hall–Kier alpha value is -2.62. The van der Waals surface area contributed by atoms with Crippen LogP contribution in [0.4, 0.5) is 0 Å². The van der Waals surface area contributed by atoms with Gasteiger partial charge in [-0.3, -0.25) is 4.79 Å². The monoisotopic (exact) mass is 296 g/mol. The van der Waals surface area contributed by atoms with E-state index in [1.54, 1.807) is 12.1 Å². The molecule has 22 heavy (non-hydrogen) atoms. The second kappa shape index (κ2) is 6.43. The maximum Gasteiger partial charge on any atom is 0.271 e. The van der Waals surface area contributed by atoms with E-state index in [2.05, 4.69) is 29.6 Å². The van der Waals surface area contributed by atoms with E-state index in [1.807, 2.05) is 20.8 Å². The van der Waals surface area contributed by atoms with Crippen molar-refractivity contribution in [3.63, 3.8) is 0 Å². The number of rotatable bonds is 3. The summed E-state index contributed by atoms with van der Waals surface area (Å²) in [6.07, 6.45) is 0. The Bertz CT molecular complexity index is 725. The van der Waals surface area contributed by atoms with Gasteiger partial charge in [0.25, 0.3) is 5.91 Å². The summed E-state index contributed by atoms with van der Waals surface area (Å²) >= 11 is 0. The van der Waals surface area contributed by atoms with Gasteiger partial charge in [0.15, 0.2) is 0 Å². The molecule has 2 aromatic rings. The van der Waals surface area contributed by atoms with Crippen molar-refractivity contribution in [2.75, 3.05) is 0 Å². The molecular weight excluding hydrogens is 276 g/mol. The summed E-state index contributed by atoms with van der Waals surface area (Å²) in [5.41, 5.74) is 8.16. The molecule has 4 nitrogen and oxygen atoms in total. The highest BCUT2D eigenvalue weighted by Crippen LogP contribution is 2.17. The Morgan fingerprint density at radius 1 is 1.09 bits per heavy atom. The number of aromatic hydroxyl groups is 1. The number of phenols is 1. The van der Waals surface area contributed by atoms with E-state index in [-0.39, 0.29) is 11.7 Å². The largest absolute Gasteiger partial charge is 0.508 e. The van der Waals surface area contributed by atoms with Gasteiger partial charge in [0.2, 0.25) is 0 Å². The van der Waals surface area contributed by atoms with Crippen molar-refractivity contribution < 1.29 is 9.90 Å². The van der Waals surface area contributed by atoms with Crippen molar-refractivity contribution in [1.82, 2.24) is 5.43 Å². The summed E-state index contributed by atoms with van der Waals surface area (Å²) in [4.78, 5) is 12.0. The molecule has 2 N–H and O–H groups in total. The number of amides is 1. The molecule has 0 aliphatic heterocycles. The van der Waals surface area contributed by atoms with Gasteiger partial charge >= 0.3 is 0 Å². The van der Waals surface area contributed by atoms with Crippen LogP contribution in [-0.4, -0.2) is 16.7 Å². The van der Waals surface area contributed by atoms with Gasteiger partial charge in [-0.15, -0.1) is 0 Å². The zero-order valence-electron chi connectivity index (χ0n) is 13.3. The molecule has 0 saturated carbocycles. The van der Waals surface area contributed by atoms with E-state index in [0.29, 0.717) is 5.56 Å². The molecule has 0 aliphatic carbocycles. The van der Waals surface area contributed by atoms with Crippen LogP contribution in [0.5, 0.6) is 5.75 Å².